The molecule has 6 nitrogen and oxygen atoms in total. The molecule has 3 heterocycles. The molecule has 1 unspecified atom stereocenters. The lowest BCUT2D eigenvalue weighted by atomic mass is 10.1. The summed E-state index contributed by atoms with van der Waals surface area (Å²) in [6, 6.07) is 4.10. The number of anilines is 1. The van der Waals surface area contributed by atoms with Gasteiger partial charge in [-0.05, 0) is 31.9 Å². The molecule has 2 N–H and O–H groups in total. The van der Waals surface area contributed by atoms with Crippen molar-refractivity contribution in [3.8, 4) is 0 Å². The largest absolute Gasteiger partial charge is 0.465 e. The Morgan fingerprint density at radius 2 is 2.20 bits per heavy atom. The fourth-order valence-corrected chi connectivity index (χ4v) is 3.25. The molecule has 0 spiro atoms. The Bertz CT molecular complexity index is 546. The third-order valence-corrected chi connectivity index (χ3v) is 4.16. The molecule has 3 rings (SSSR count). The van der Waals surface area contributed by atoms with Crippen LogP contribution in [0.4, 0.5) is 10.6 Å². The first kappa shape index (κ1) is 13.2. The zero-order valence-corrected chi connectivity index (χ0v) is 11.7. The molecule has 1 saturated heterocycles. The second-order valence-corrected chi connectivity index (χ2v) is 5.70. The minimum atomic E-state index is -0.856. The molecule has 6 heteroatoms. The first-order chi connectivity index (χ1) is 9.47. The number of fused-ring (bicyclic) bond motifs is 3. The maximum Gasteiger partial charge on any atom is 0.407 e. The molecule has 0 bridgehead atoms. The number of rotatable bonds is 1. The SMILES string of the molecule is CC(O)c1ccc2c(n1)N1[C@H](C2)CN(C(=O)O)C[C@H]1C. The van der Waals surface area contributed by atoms with E-state index in [0.717, 1.165) is 17.8 Å². The Morgan fingerprint density at radius 1 is 1.45 bits per heavy atom. The van der Waals surface area contributed by atoms with E-state index in [1.807, 2.05) is 19.1 Å². The number of pyridine rings is 1. The molecular weight excluding hydrogens is 258 g/mol. The summed E-state index contributed by atoms with van der Waals surface area (Å²) in [5.74, 6) is 0.908. The highest BCUT2D eigenvalue weighted by molar-refractivity contribution is 5.67. The lowest BCUT2D eigenvalue weighted by Crippen LogP contribution is -2.58. The molecule has 108 valence electrons. The summed E-state index contributed by atoms with van der Waals surface area (Å²) in [6.07, 6.45) is -0.628. The van der Waals surface area contributed by atoms with E-state index < -0.39 is 12.2 Å². The van der Waals surface area contributed by atoms with Gasteiger partial charge in [0.1, 0.15) is 5.82 Å². The molecule has 3 atom stereocenters. The average Bonchev–Trinajstić information content (AvgIpc) is 2.75. The van der Waals surface area contributed by atoms with Gasteiger partial charge in [0.05, 0.1) is 17.8 Å². The Labute approximate surface area is 117 Å². The van der Waals surface area contributed by atoms with Gasteiger partial charge >= 0.3 is 6.09 Å². The minimum Gasteiger partial charge on any atom is -0.465 e. The number of amides is 1. The number of aliphatic hydroxyl groups is 1. The number of hydrogen-bond donors (Lipinski definition) is 2. The number of nitrogens with zero attached hydrogens (tertiary/aromatic N) is 3. The number of hydrogen-bond acceptors (Lipinski definition) is 4. The summed E-state index contributed by atoms with van der Waals surface area (Å²) in [5.41, 5.74) is 1.80. The van der Waals surface area contributed by atoms with Gasteiger partial charge in [-0.2, -0.15) is 0 Å². The van der Waals surface area contributed by atoms with Crippen molar-refractivity contribution in [2.24, 2.45) is 0 Å². The fourth-order valence-electron chi connectivity index (χ4n) is 3.25. The van der Waals surface area contributed by atoms with Crippen molar-refractivity contribution >= 4 is 11.9 Å². The molecule has 0 aromatic carbocycles. The second-order valence-electron chi connectivity index (χ2n) is 5.70. The quantitative estimate of drug-likeness (QED) is 0.808. The number of aliphatic hydroxyl groups excluding tert-OH is 1. The molecule has 2 aliphatic rings. The first-order valence-corrected chi connectivity index (χ1v) is 6.91. The van der Waals surface area contributed by atoms with Crippen LogP contribution in [0.5, 0.6) is 0 Å². The molecule has 0 aliphatic carbocycles. The van der Waals surface area contributed by atoms with E-state index in [1.54, 1.807) is 6.92 Å². The molecule has 1 aromatic rings. The number of carboxylic acid groups (broad SMARTS) is 1. The summed E-state index contributed by atoms with van der Waals surface area (Å²) in [5, 5.41) is 18.8. The van der Waals surface area contributed by atoms with Gasteiger partial charge in [-0.1, -0.05) is 6.07 Å². The normalized spacial score (nSPS) is 26.1. The molecule has 1 amide bonds. The minimum absolute atomic E-state index is 0.0999. The highest BCUT2D eigenvalue weighted by Crippen LogP contribution is 2.35. The van der Waals surface area contributed by atoms with Crippen LogP contribution < -0.4 is 4.90 Å². The van der Waals surface area contributed by atoms with Crippen molar-refractivity contribution in [2.75, 3.05) is 18.0 Å². The van der Waals surface area contributed by atoms with Crippen LogP contribution in [0, 0.1) is 0 Å². The van der Waals surface area contributed by atoms with Crippen LogP contribution in [-0.4, -0.2) is 51.4 Å². The van der Waals surface area contributed by atoms with Gasteiger partial charge in [0.25, 0.3) is 0 Å². The predicted molar refractivity (Wildman–Crippen MR) is 73.9 cm³/mol. The lowest BCUT2D eigenvalue weighted by Gasteiger charge is -2.42. The number of carbonyl (C=O) groups is 1. The Hall–Kier alpha value is -1.82. The molecule has 20 heavy (non-hydrogen) atoms. The Balaban J connectivity index is 1.92. The van der Waals surface area contributed by atoms with Crippen LogP contribution in [0.2, 0.25) is 0 Å². The monoisotopic (exact) mass is 277 g/mol. The van der Waals surface area contributed by atoms with Gasteiger partial charge in [-0.15, -0.1) is 0 Å². The van der Waals surface area contributed by atoms with Gasteiger partial charge in [0.2, 0.25) is 0 Å². The van der Waals surface area contributed by atoms with Crippen LogP contribution in [0.15, 0.2) is 12.1 Å². The summed E-state index contributed by atoms with van der Waals surface area (Å²) >= 11 is 0. The van der Waals surface area contributed by atoms with Crippen LogP contribution in [0.25, 0.3) is 0 Å². The third kappa shape index (κ3) is 2.00. The molecule has 0 saturated carbocycles. The highest BCUT2D eigenvalue weighted by atomic mass is 16.4. The van der Waals surface area contributed by atoms with Crippen molar-refractivity contribution in [2.45, 2.75) is 38.5 Å². The third-order valence-electron chi connectivity index (χ3n) is 4.16. The summed E-state index contributed by atoms with van der Waals surface area (Å²) in [4.78, 5) is 19.4. The number of piperazine rings is 1. The van der Waals surface area contributed by atoms with Crippen molar-refractivity contribution in [1.29, 1.82) is 0 Å². The van der Waals surface area contributed by atoms with Crippen molar-refractivity contribution < 1.29 is 15.0 Å². The van der Waals surface area contributed by atoms with E-state index in [9.17, 15) is 9.90 Å². The topological polar surface area (TPSA) is 76.9 Å². The number of aromatic nitrogens is 1. The van der Waals surface area contributed by atoms with E-state index in [1.165, 1.54) is 4.90 Å². The summed E-state index contributed by atoms with van der Waals surface area (Å²) in [7, 11) is 0. The predicted octanol–water partition coefficient (Wildman–Crippen LogP) is 1.25. The van der Waals surface area contributed by atoms with Gasteiger partial charge in [0, 0.05) is 19.1 Å². The lowest BCUT2D eigenvalue weighted by molar-refractivity contribution is 0.128. The van der Waals surface area contributed by atoms with E-state index in [2.05, 4.69) is 9.88 Å². The van der Waals surface area contributed by atoms with E-state index in [-0.39, 0.29) is 12.1 Å². The highest BCUT2D eigenvalue weighted by Gasteiger charge is 2.40. The van der Waals surface area contributed by atoms with Gasteiger partial charge in [-0.3, -0.25) is 0 Å². The molecule has 2 aliphatic heterocycles. The fraction of sp³-hybridized carbons (Fsp3) is 0.571. The van der Waals surface area contributed by atoms with Gasteiger partial charge < -0.3 is 20.0 Å². The maximum absolute atomic E-state index is 11.2. The van der Waals surface area contributed by atoms with E-state index in [0.29, 0.717) is 18.8 Å². The van der Waals surface area contributed by atoms with E-state index >= 15 is 0 Å². The first-order valence-electron chi connectivity index (χ1n) is 6.91. The van der Waals surface area contributed by atoms with Crippen molar-refractivity contribution in [1.82, 2.24) is 9.88 Å². The van der Waals surface area contributed by atoms with Crippen LogP contribution in [-0.2, 0) is 6.42 Å². The molecule has 0 radical (unpaired) electrons. The Morgan fingerprint density at radius 3 is 2.85 bits per heavy atom. The van der Waals surface area contributed by atoms with Gasteiger partial charge in [-0.25, -0.2) is 9.78 Å². The van der Waals surface area contributed by atoms with Crippen LogP contribution in [0.1, 0.15) is 31.2 Å². The summed E-state index contributed by atoms with van der Waals surface area (Å²) < 4.78 is 0. The molecule has 1 fully saturated rings. The smallest absolute Gasteiger partial charge is 0.407 e. The Kier molecular flexibility index (Phi) is 3.05. The summed E-state index contributed by atoms with van der Waals surface area (Å²) in [6.45, 7) is 4.73. The second kappa shape index (κ2) is 4.63. The molecular formula is C14H19N3O3. The van der Waals surface area contributed by atoms with Crippen molar-refractivity contribution in [3.63, 3.8) is 0 Å². The van der Waals surface area contributed by atoms with Crippen LogP contribution in [0.3, 0.4) is 0 Å². The maximum atomic E-state index is 11.2. The zero-order valence-electron chi connectivity index (χ0n) is 11.7. The molecule has 1 aromatic heterocycles. The zero-order chi connectivity index (χ0) is 14.4. The van der Waals surface area contributed by atoms with Crippen molar-refractivity contribution in [3.05, 3.63) is 23.4 Å². The van der Waals surface area contributed by atoms with Gasteiger partial charge in [0.15, 0.2) is 0 Å². The van der Waals surface area contributed by atoms with Crippen LogP contribution >= 0.6 is 0 Å². The standard InChI is InChI=1S/C14H19N3O3/c1-8-6-16(14(19)20)7-11-5-10-3-4-12(9(2)18)15-13(10)17(8)11/h3-4,8-9,11,18H,5-7H2,1-2H3,(H,19,20)/t8-,9?,11-/m1/s1. The average molecular weight is 277 g/mol. The van der Waals surface area contributed by atoms with E-state index in [4.69, 9.17) is 5.11 Å².